The fourth-order valence-corrected chi connectivity index (χ4v) is 1.18. The van der Waals surface area contributed by atoms with E-state index in [2.05, 4.69) is 6.92 Å². The van der Waals surface area contributed by atoms with E-state index in [4.69, 9.17) is 16.3 Å². The number of ether oxygens (including phenoxy) is 1. The Balaban J connectivity index is 2.73. The van der Waals surface area contributed by atoms with Crippen LogP contribution in [0.3, 0.4) is 0 Å². The first-order chi connectivity index (χ1) is 5.91. The lowest BCUT2D eigenvalue weighted by Gasteiger charge is -2.01. The summed E-state index contributed by atoms with van der Waals surface area (Å²) in [5.41, 5.74) is 0. The van der Waals surface area contributed by atoms with E-state index >= 15 is 0 Å². The molecule has 0 fully saturated rings. The number of alkyl halides is 1. The molecule has 0 aliphatic heterocycles. The van der Waals surface area contributed by atoms with Gasteiger partial charge in [0.05, 0.1) is 6.61 Å². The molecule has 0 saturated carbocycles. The van der Waals surface area contributed by atoms with Crippen LogP contribution in [-0.2, 0) is 4.74 Å². The Morgan fingerprint density at radius 3 is 2.25 bits per heavy atom. The summed E-state index contributed by atoms with van der Waals surface area (Å²) in [4.78, 5) is 0. The number of rotatable bonds is 9. The summed E-state index contributed by atoms with van der Waals surface area (Å²) in [6, 6.07) is 0. The van der Waals surface area contributed by atoms with Gasteiger partial charge in [0.15, 0.2) is 0 Å². The Morgan fingerprint density at radius 2 is 1.58 bits per heavy atom. The van der Waals surface area contributed by atoms with Crippen LogP contribution < -0.4 is 0 Å². The molecule has 1 radical (unpaired) electrons. The molecule has 0 bridgehead atoms. The molecule has 0 rings (SSSR count). The molecule has 1 nitrogen and oxygen atoms in total. The molecule has 2 heteroatoms. The van der Waals surface area contributed by atoms with E-state index in [1.807, 2.05) is 0 Å². The van der Waals surface area contributed by atoms with Gasteiger partial charge in [-0.2, -0.15) is 0 Å². The van der Waals surface area contributed by atoms with Gasteiger partial charge in [-0.25, -0.2) is 0 Å². The molecular weight excluding hydrogens is 172 g/mol. The average molecular weight is 192 g/mol. The second-order valence-corrected chi connectivity index (χ2v) is 3.30. The van der Waals surface area contributed by atoms with Crippen LogP contribution in [0.5, 0.6) is 0 Å². The zero-order valence-corrected chi connectivity index (χ0v) is 8.61. The molecule has 0 unspecified atom stereocenters. The third kappa shape index (κ3) is 10.2. The lowest BCUT2D eigenvalue weighted by Crippen LogP contribution is -1.97. The van der Waals surface area contributed by atoms with Crippen LogP contribution in [0.2, 0.25) is 0 Å². The van der Waals surface area contributed by atoms with Crippen LogP contribution >= 0.6 is 11.6 Å². The van der Waals surface area contributed by atoms with Gasteiger partial charge >= 0.3 is 0 Å². The summed E-state index contributed by atoms with van der Waals surface area (Å²) in [5.74, 6) is 0.613. The minimum atomic E-state index is 0.613. The maximum Gasteiger partial charge on any atom is 0.0601 e. The fourth-order valence-electron chi connectivity index (χ4n) is 1.07. The van der Waals surface area contributed by atoms with E-state index in [-0.39, 0.29) is 0 Å². The Labute approximate surface area is 81.4 Å². The van der Waals surface area contributed by atoms with Crippen LogP contribution in [0.15, 0.2) is 0 Å². The maximum atomic E-state index is 5.45. The number of hydrogen-bond donors (Lipinski definition) is 0. The SMILES string of the molecule is [CH2]CCCCCCCOCCCl. The minimum Gasteiger partial charge on any atom is -0.380 e. The monoisotopic (exact) mass is 191 g/mol. The summed E-state index contributed by atoms with van der Waals surface area (Å²) in [5, 5.41) is 0. The van der Waals surface area contributed by atoms with Crippen molar-refractivity contribution in [2.45, 2.75) is 38.5 Å². The van der Waals surface area contributed by atoms with Crippen LogP contribution in [0, 0.1) is 6.92 Å². The maximum absolute atomic E-state index is 5.45. The lowest BCUT2D eigenvalue weighted by atomic mass is 10.1. The van der Waals surface area contributed by atoms with E-state index < -0.39 is 0 Å². The molecule has 0 N–H and O–H groups in total. The normalized spacial score (nSPS) is 10.5. The Hall–Kier alpha value is 0.250. The predicted molar refractivity (Wildman–Crippen MR) is 54.6 cm³/mol. The molecular formula is C10H20ClO. The number of unbranched alkanes of at least 4 members (excludes halogenated alkanes) is 5. The van der Waals surface area contributed by atoms with Crippen molar-refractivity contribution < 1.29 is 4.74 Å². The first-order valence-electron chi connectivity index (χ1n) is 4.84. The van der Waals surface area contributed by atoms with Gasteiger partial charge in [-0.05, 0) is 6.42 Å². The number of hydrogen-bond acceptors (Lipinski definition) is 1. The second kappa shape index (κ2) is 11.2. The third-order valence-electron chi connectivity index (χ3n) is 1.76. The molecule has 0 aromatic rings. The van der Waals surface area contributed by atoms with Crippen molar-refractivity contribution in [1.82, 2.24) is 0 Å². The largest absolute Gasteiger partial charge is 0.380 e. The summed E-state index contributed by atoms with van der Waals surface area (Å²) in [6.45, 7) is 5.37. The van der Waals surface area contributed by atoms with Gasteiger partial charge < -0.3 is 4.74 Å². The molecule has 0 aromatic carbocycles. The highest BCUT2D eigenvalue weighted by Crippen LogP contribution is 2.04. The van der Waals surface area contributed by atoms with Crippen molar-refractivity contribution in [3.63, 3.8) is 0 Å². The molecule has 0 spiro atoms. The summed E-state index contributed by atoms with van der Waals surface area (Å²) in [7, 11) is 0. The second-order valence-electron chi connectivity index (χ2n) is 2.92. The molecule has 12 heavy (non-hydrogen) atoms. The van der Waals surface area contributed by atoms with E-state index in [9.17, 15) is 0 Å². The molecule has 0 aliphatic rings. The molecule has 0 amide bonds. The van der Waals surface area contributed by atoms with Crippen molar-refractivity contribution in [3.8, 4) is 0 Å². The quantitative estimate of drug-likeness (QED) is 0.401. The third-order valence-corrected chi connectivity index (χ3v) is 1.91. The van der Waals surface area contributed by atoms with Crippen molar-refractivity contribution in [3.05, 3.63) is 6.92 Å². The van der Waals surface area contributed by atoms with Gasteiger partial charge in [0.25, 0.3) is 0 Å². The van der Waals surface area contributed by atoms with Crippen molar-refractivity contribution in [2.24, 2.45) is 0 Å². The average Bonchev–Trinajstić information content (AvgIpc) is 2.10. The summed E-state index contributed by atoms with van der Waals surface area (Å²) >= 11 is 5.45. The highest BCUT2D eigenvalue weighted by atomic mass is 35.5. The molecule has 0 aromatic heterocycles. The standard InChI is InChI=1S/C10H20ClO/c1-2-3-4-5-6-7-9-12-10-8-11/h1-10H2. The molecule has 0 heterocycles. The van der Waals surface area contributed by atoms with E-state index in [1.165, 1.54) is 32.1 Å². The lowest BCUT2D eigenvalue weighted by molar-refractivity contribution is 0.144. The van der Waals surface area contributed by atoms with E-state index in [1.54, 1.807) is 0 Å². The molecule has 0 atom stereocenters. The van der Waals surface area contributed by atoms with Gasteiger partial charge in [-0.1, -0.05) is 39.0 Å². The summed E-state index contributed by atoms with van der Waals surface area (Å²) in [6.07, 6.45) is 7.43. The van der Waals surface area contributed by atoms with Crippen LogP contribution in [-0.4, -0.2) is 19.1 Å². The predicted octanol–water partition coefficient (Wildman–Crippen LogP) is 3.42. The first-order valence-corrected chi connectivity index (χ1v) is 5.38. The number of halogens is 1. The van der Waals surface area contributed by atoms with Gasteiger partial charge in [0, 0.05) is 12.5 Å². The topological polar surface area (TPSA) is 9.23 Å². The van der Waals surface area contributed by atoms with Gasteiger partial charge in [-0.15, -0.1) is 11.6 Å². The van der Waals surface area contributed by atoms with Crippen LogP contribution in [0.1, 0.15) is 38.5 Å². The zero-order valence-electron chi connectivity index (χ0n) is 7.86. The minimum absolute atomic E-state index is 0.613. The van der Waals surface area contributed by atoms with E-state index in [0.717, 1.165) is 13.0 Å². The van der Waals surface area contributed by atoms with Crippen molar-refractivity contribution in [1.29, 1.82) is 0 Å². The molecule has 0 aliphatic carbocycles. The highest BCUT2D eigenvalue weighted by Gasteiger charge is 1.89. The van der Waals surface area contributed by atoms with Crippen molar-refractivity contribution in [2.75, 3.05) is 19.1 Å². The Kier molecular flexibility index (Phi) is 11.5. The zero-order chi connectivity index (χ0) is 9.07. The van der Waals surface area contributed by atoms with Crippen LogP contribution in [0.4, 0.5) is 0 Å². The van der Waals surface area contributed by atoms with Gasteiger partial charge in [0.1, 0.15) is 0 Å². The van der Waals surface area contributed by atoms with Gasteiger partial charge in [-0.3, -0.25) is 0 Å². The van der Waals surface area contributed by atoms with E-state index in [0.29, 0.717) is 12.5 Å². The fraction of sp³-hybridized carbons (Fsp3) is 0.900. The highest BCUT2D eigenvalue weighted by molar-refractivity contribution is 6.17. The van der Waals surface area contributed by atoms with Crippen LogP contribution in [0.25, 0.3) is 0 Å². The smallest absolute Gasteiger partial charge is 0.0601 e. The Bertz CT molecular complexity index is 66.2. The molecule has 0 saturated heterocycles. The molecule has 73 valence electrons. The summed E-state index contributed by atoms with van der Waals surface area (Å²) < 4.78 is 5.25. The van der Waals surface area contributed by atoms with Gasteiger partial charge in [0.2, 0.25) is 0 Å². The Morgan fingerprint density at radius 1 is 0.917 bits per heavy atom. The van der Waals surface area contributed by atoms with Crippen molar-refractivity contribution >= 4 is 11.6 Å². The first kappa shape index (κ1) is 12.2.